The number of likely N-dealkylation sites (tertiary alicyclic amines) is 1. The Bertz CT molecular complexity index is 744. The Labute approximate surface area is 153 Å². The Hall–Kier alpha value is -2.38. The van der Waals surface area contributed by atoms with Crippen LogP contribution in [0.5, 0.6) is 5.75 Å². The van der Waals surface area contributed by atoms with Gasteiger partial charge in [0.1, 0.15) is 18.1 Å². The Morgan fingerprint density at radius 1 is 1.35 bits per heavy atom. The number of para-hydroxylation sites is 1. The zero-order chi connectivity index (χ0) is 18.7. The number of hydrogen-bond acceptors (Lipinski definition) is 6. The third-order valence-electron chi connectivity index (χ3n) is 4.91. The number of ether oxygens (including phenoxy) is 1. The molecule has 7 nitrogen and oxygen atoms in total. The van der Waals surface area contributed by atoms with Gasteiger partial charge >= 0.3 is 0 Å². The molecule has 1 fully saturated rings. The average molecular weight is 359 g/mol. The van der Waals surface area contributed by atoms with Crippen molar-refractivity contribution in [3.8, 4) is 5.75 Å². The molecule has 0 radical (unpaired) electrons. The molecule has 2 heterocycles. The van der Waals surface area contributed by atoms with Crippen LogP contribution in [0.3, 0.4) is 0 Å². The number of aliphatic hydroxyl groups is 1. The summed E-state index contributed by atoms with van der Waals surface area (Å²) in [4.78, 5) is 16.7. The Balaban J connectivity index is 1.74. The van der Waals surface area contributed by atoms with Crippen LogP contribution in [0.25, 0.3) is 0 Å². The Morgan fingerprint density at radius 3 is 2.69 bits per heavy atom. The predicted octanol–water partition coefficient (Wildman–Crippen LogP) is 1.56. The average Bonchev–Trinajstić information content (AvgIpc) is 3.24. The second kappa shape index (κ2) is 7.88. The molecule has 1 aromatic heterocycles. The number of aryl methyl sites for hydroxylation is 1. The van der Waals surface area contributed by atoms with Gasteiger partial charge < -0.3 is 24.2 Å². The minimum atomic E-state index is -0.184. The van der Waals surface area contributed by atoms with Gasteiger partial charge in [-0.05, 0) is 33.2 Å². The highest BCUT2D eigenvalue weighted by molar-refractivity contribution is 5.94. The van der Waals surface area contributed by atoms with E-state index >= 15 is 0 Å². The summed E-state index contributed by atoms with van der Waals surface area (Å²) in [6.45, 7) is 3.10. The van der Waals surface area contributed by atoms with Gasteiger partial charge in [-0.3, -0.25) is 4.79 Å². The molecule has 0 unspecified atom stereocenters. The molecule has 2 aromatic rings. The largest absolute Gasteiger partial charge is 0.489 e. The molecule has 1 aromatic carbocycles. The van der Waals surface area contributed by atoms with Crippen molar-refractivity contribution in [2.75, 3.05) is 33.8 Å². The number of likely N-dealkylation sites (N-methyl/N-ethyl adjacent to an activating group) is 1. The molecular weight excluding hydrogens is 334 g/mol. The first kappa shape index (κ1) is 18.4. The summed E-state index contributed by atoms with van der Waals surface area (Å²) >= 11 is 0. The summed E-state index contributed by atoms with van der Waals surface area (Å²) in [7, 11) is 3.92. The zero-order valence-corrected chi connectivity index (χ0v) is 15.4. The van der Waals surface area contributed by atoms with Crippen molar-refractivity contribution in [3.05, 3.63) is 47.3 Å². The van der Waals surface area contributed by atoms with E-state index in [1.54, 1.807) is 11.8 Å². The van der Waals surface area contributed by atoms with Gasteiger partial charge in [0.05, 0.1) is 5.56 Å². The number of aliphatic hydroxyl groups excluding tert-OH is 1. The lowest BCUT2D eigenvalue weighted by atomic mass is 10.0. The highest BCUT2D eigenvalue weighted by Gasteiger charge is 2.38. The number of nitrogens with zero attached hydrogens (tertiary/aromatic N) is 3. The van der Waals surface area contributed by atoms with Gasteiger partial charge in [-0.1, -0.05) is 23.4 Å². The molecule has 140 valence electrons. The third kappa shape index (κ3) is 3.73. The maximum atomic E-state index is 13.0. The van der Waals surface area contributed by atoms with Crippen LogP contribution < -0.4 is 4.74 Å². The lowest BCUT2D eigenvalue weighted by Crippen LogP contribution is -2.37. The van der Waals surface area contributed by atoms with E-state index in [0.29, 0.717) is 24.4 Å². The Kier molecular flexibility index (Phi) is 5.58. The normalized spacial score (nSPS) is 20.0. The molecule has 2 atom stereocenters. The number of aromatic nitrogens is 1. The zero-order valence-electron chi connectivity index (χ0n) is 15.4. The molecule has 1 amide bonds. The number of rotatable bonds is 6. The van der Waals surface area contributed by atoms with Crippen molar-refractivity contribution < 1.29 is 19.2 Å². The lowest BCUT2D eigenvalue weighted by molar-refractivity contribution is 0.0766. The van der Waals surface area contributed by atoms with E-state index in [4.69, 9.17) is 9.26 Å². The number of amides is 1. The third-order valence-corrected chi connectivity index (χ3v) is 4.91. The monoisotopic (exact) mass is 359 g/mol. The molecule has 7 heteroatoms. The van der Waals surface area contributed by atoms with Crippen LogP contribution in [0.2, 0.25) is 0 Å². The molecule has 1 aliphatic heterocycles. The van der Waals surface area contributed by atoms with Crippen molar-refractivity contribution in [2.24, 2.45) is 5.92 Å². The summed E-state index contributed by atoms with van der Waals surface area (Å²) in [5, 5.41) is 13.6. The van der Waals surface area contributed by atoms with Crippen LogP contribution in [0.1, 0.15) is 21.8 Å². The minimum absolute atomic E-state index is 0.0333. The fraction of sp³-hybridized carbons (Fsp3) is 0.474. The molecule has 0 aliphatic carbocycles. The molecule has 0 spiro atoms. The molecule has 26 heavy (non-hydrogen) atoms. The summed E-state index contributed by atoms with van der Waals surface area (Å²) in [5.74, 6) is 1.15. The summed E-state index contributed by atoms with van der Waals surface area (Å²) in [5.41, 5.74) is 0.947. The highest BCUT2D eigenvalue weighted by atomic mass is 16.5. The second-order valence-electron chi connectivity index (χ2n) is 6.85. The fourth-order valence-electron chi connectivity index (χ4n) is 3.34. The van der Waals surface area contributed by atoms with E-state index in [0.717, 1.165) is 5.75 Å². The standard InChI is InChI=1S/C19H25N3O4/c1-13-16(12-25-15-7-5-4-6-8-15)18(20-26-13)19(24)22-9-14(11-23)17(10-22)21(2)3/h4-8,14,17,23H,9-12H2,1-3H3/t14-,17+/m0/s1. The van der Waals surface area contributed by atoms with Gasteiger partial charge in [-0.25, -0.2) is 0 Å². The molecule has 3 rings (SSSR count). The first-order chi connectivity index (χ1) is 12.5. The summed E-state index contributed by atoms with van der Waals surface area (Å²) < 4.78 is 11.0. The van der Waals surface area contributed by atoms with Gasteiger partial charge in [-0.15, -0.1) is 0 Å². The number of hydrogen-bond donors (Lipinski definition) is 1. The summed E-state index contributed by atoms with van der Waals surface area (Å²) in [6, 6.07) is 9.54. The maximum absolute atomic E-state index is 13.0. The van der Waals surface area contributed by atoms with Crippen LogP contribution in [0, 0.1) is 12.8 Å². The molecule has 1 N–H and O–H groups in total. The quantitative estimate of drug-likeness (QED) is 0.843. The molecule has 1 aliphatic rings. The Morgan fingerprint density at radius 2 is 2.08 bits per heavy atom. The van der Waals surface area contributed by atoms with Crippen molar-refractivity contribution in [1.82, 2.24) is 15.0 Å². The van der Waals surface area contributed by atoms with Gasteiger partial charge in [0.25, 0.3) is 5.91 Å². The molecular formula is C19H25N3O4. The smallest absolute Gasteiger partial charge is 0.276 e. The SMILES string of the molecule is Cc1onc(C(=O)N2C[C@@H](CO)[C@H](N(C)C)C2)c1COc1ccccc1. The minimum Gasteiger partial charge on any atom is -0.489 e. The highest BCUT2D eigenvalue weighted by Crippen LogP contribution is 2.24. The van der Waals surface area contributed by atoms with E-state index < -0.39 is 0 Å². The molecule has 0 saturated carbocycles. The van der Waals surface area contributed by atoms with E-state index in [9.17, 15) is 9.90 Å². The van der Waals surface area contributed by atoms with Crippen molar-refractivity contribution in [1.29, 1.82) is 0 Å². The number of carbonyl (C=O) groups excluding carboxylic acids is 1. The van der Waals surface area contributed by atoms with Gasteiger partial charge in [0.15, 0.2) is 5.69 Å². The van der Waals surface area contributed by atoms with Crippen LogP contribution in [-0.2, 0) is 6.61 Å². The van der Waals surface area contributed by atoms with E-state index in [-0.39, 0.29) is 36.8 Å². The van der Waals surface area contributed by atoms with E-state index in [2.05, 4.69) is 5.16 Å². The van der Waals surface area contributed by atoms with Crippen LogP contribution >= 0.6 is 0 Å². The van der Waals surface area contributed by atoms with Crippen LogP contribution in [0.4, 0.5) is 0 Å². The lowest BCUT2D eigenvalue weighted by Gasteiger charge is -2.23. The van der Waals surface area contributed by atoms with Crippen LogP contribution in [0.15, 0.2) is 34.9 Å². The number of carbonyl (C=O) groups is 1. The van der Waals surface area contributed by atoms with Crippen molar-refractivity contribution in [3.63, 3.8) is 0 Å². The van der Waals surface area contributed by atoms with Gasteiger partial charge in [0.2, 0.25) is 0 Å². The second-order valence-corrected chi connectivity index (χ2v) is 6.85. The molecule has 0 bridgehead atoms. The van der Waals surface area contributed by atoms with Gasteiger partial charge in [-0.2, -0.15) is 0 Å². The van der Waals surface area contributed by atoms with E-state index in [1.807, 2.05) is 49.3 Å². The first-order valence-electron chi connectivity index (χ1n) is 8.70. The van der Waals surface area contributed by atoms with Gasteiger partial charge in [0, 0.05) is 31.7 Å². The predicted molar refractivity (Wildman–Crippen MR) is 96.0 cm³/mol. The van der Waals surface area contributed by atoms with E-state index in [1.165, 1.54) is 0 Å². The van der Waals surface area contributed by atoms with Crippen molar-refractivity contribution >= 4 is 5.91 Å². The number of benzene rings is 1. The summed E-state index contributed by atoms with van der Waals surface area (Å²) in [6.07, 6.45) is 0. The van der Waals surface area contributed by atoms with Crippen molar-refractivity contribution in [2.45, 2.75) is 19.6 Å². The maximum Gasteiger partial charge on any atom is 0.276 e. The molecule has 1 saturated heterocycles. The first-order valence-corrected chi connectivity index (χ1v) is 8.70. The topological polar surface area (TPSA) is 79.0 Å². The van der Waals surface area contributed by atoms with Crippen LogP contribution in [-0.4, -0.2) is 65.8 Å². The fourth-order valence-corrected chi connectivity index (χ4v) is 3.34.